The van der Waals surface area contributed by atoms with Crippen molar-refractivity contribution in [1.29, 1.82) is 0 Å². The lowest BCUT2D eigenvalue weighted by Gasteiger charge is -2.20. The van der Waals surface area contributed by atoms with Gasteiger partial charge in [0.25, 0.3) is 11.8 Å². The van der Waals surface area contributed by atoms with Gasteiger partial charge in [-0.05, 0) is 48.2 Å². The molecule has 0 N–H and O–H groups in total. The summed E-state index contributed by atoms with van der Waals surface area (Å²) in [6.07, 6.45) is 1.60. The van der Waals surface area contributed by atoms with Crippen LogP contribution in [0.25, 0.3) is 0 Å². The number of hydrogen-bond donors (Lipinski definition) is 0. The van der Waals surface area contributed by atoms with Crippen molar-refractivity contribution in [3.05, 3.63) is 59.7 Å². The van der Waals surface area contributed by atoms with E-state index >= 15 is 0 Å². The van der Waals surface area contributed by atoms with E-state index in [2.05, 4.69) is 17.3 Å². The Balaban J connectivity index is 1.47. The van der Waals surface area contributed by atoms with Crippen molar-refractivity contribution in [2.75, 3.05) is 18.6 Å². The van der Waals surface area contributed by atoms with E-state index < -0.39 is 12.1 Å². The smallest absolute Gasteiger partial charge is 0.263 e. The molecule has 4 rings (SSSR count). The van der Waals surface area contributed by atoms with Crippen molar-refractivity contribution in [2.45, 2.75) is 31.8 Å². The van der Waals surface area contributed by atoms with Gasteiger partial charge >= 0.3 is 0 Å². The molecule has 0 radical (unpaired) electrons. The van der Waals surface area contributed by atoms with Crippen LogP contribution >= 0.6 is 0 Å². The molecule has 2 aromatic rings. The van der Waals surface area contributed by atoms with Crippen molar-refractivity contribution in [2.24, 2.45) is 10.3 Å². The first-order valence-electron chi connectivity index (χ1n) is 9.39. The summed E-state index contributed by atoms with van der Waals surface area (Å²) in [6, 6.07) is 13.8. The van der Waals surface area contributed by atoms with Crippen LogP contribution in [0.3, 0.4) is 0 Å². The number of rotatable bonds is 6. The maximum atomic E-state index is 13.0. The van der Waals surface area contributed by atoms with E-state index in [1.807, 2.05) is 48.5 Å². The van der Waals surface area contributed by atoms with Crippen LogP contribution in [0.4, 0.5) is 5.69 Å². The second-order valence-corrected chi connectivity index (χ2v) is 6.89. The lowest BCUT2D eigenvalue weighted by molar-refractivity contribution is -0.123. The average molecular weight is 378 g/mol. The van der Waals surface area contributed by atoms with Crippen molar-refractivity contribution in [1.82, 2.24) is 5.01 Å². The topological polar surface area (TPSA) is 74.6 Å². The predicted molar refractivity (Wildman–Crippen MR) is 104 cm³/mol. The average Bonchev–Trinajstić information content (AvgIpc) is 3.26. The molecule has 7 nitrogen and oxygen atoms in total. The Hall–Kier alpha value is -3.22. The van der Waals surface area contributed by atoms with Crippen molar-refractivity contribution in [3.63, 3.8) is 0 Å². The van der Waals surface area contributed by atoms with Gasteiger partial charge in [-0.1, -0.05) is 36.4 Å². The first kappa shape index (κ1) is 18.2. The number of hydrogen-bond acceptors (Lipinski definition) is 6. The van der Waals surface area contributed by atoms with E-state index in [4.69, 9.17) is 4.74 Å². The maximum Gasteiger partial charge on any atom is 0.263 e. The molecule has 0 spiro atoms. The van der Waals surface area contributed by atoms with Crippen LogP contribution in [0.1, 0.15) is 18.1 Å². The molecule has 0 aromatic heterocycles. The van der Waals surface area contributed by atoms with Gasteiger partial charge in [-0.15, -0.1) is 0 Å². The van der Waals surface area contributed by atoms with Crippen LogP contribution in [-0.2, 0) is 22.4 Å². The molecule has 2 heterocycles. The molecule has 2 aliphatic rings. The molecule has 1 fully saturated rings. The largest absolute Gasteiger partial charge is 0.497 e. The summed E-state index contributed by atoms with van der Waals surface area (Å²) < 4.78 is 5.17. The molecule has 0 unspecified atom stereocenters. The fourth-order valence-electron chi connectivity index (χ4n) is 3.58. The summed E-state index contributed by atoms with van der Waals surface area (Å²) in [5, 5.41) is 9.80. The monoisotopic (exact) mass is 378 g/mol. The van der Waals surface area contributed by atoms with Gasteiger partial charge in [0.05, 0.1) is 12.8 Å². The number of benzene rings is 2. The molecule has 2 aromatic carbocycles. The van der Waals surface area contributed by atoms with E-state index in [1.165, 1.54) is 4.90 Å². The van der Waals surface area contributed by atoms with E-state index in [0.29, 0.717) is 18.7 Å². The minimum atomic E-state index is -0.755. The summed E-state index contributed by atoms with van der Waals surface area (Å²) in [5.74, 6) is 0.222. The number of nitrogens with zero attached hydrogens (tertiary/aromatic N) is 4. The van der Waals surface area contributed by atoms with Crippen LogP contribution in [0.2, 0.25) is 0 Å². The van der Waals surface area contributed by atoms with Crippen molar-refractivity contribution in [3.8, 4) is 5.75 Å². The lowest BCUT2D eigenvalue weighted by Crippen LogP contribution is -2.40. The molecular formula is C21H22N4O3. The van der Waals surface area contributed by atoms with Crippen LogP contribution in [0.15, 0.2) is 58.9 Å². The molecule has 2 aliphatic heterocycles. The first-order chi connectivity index (χ1) is 13.6. The number of methoxy groups -OCH3 is 1. The highest BCUT2D eigenvalue weighted by atomic mass is 16.5. The van der Waals surface area contributed by atoms with E-state index in [0.717, 1.165) is 23.3 Å². The highest BCUT2D eigenvalue weighted by Crippen LogP contribution is 2.32. The third kappa shape index (κ3) is 3.13. The summed E-state index contributed by atoms with van der Waals surface area (Å²) in [7, 11) is 1.63. The minimum absolute atomic E-state index is 0.265. The number of anilines is 1. The second-order valence-electron chi connectivity index (χ2n) is 6.89. The Labute approximate surface area is 163 Å². The Kier molecular flexibility index (Phi) is 4.81. The molecule has 0 saturated carbocycles. The Bertz CT molecular complexity index is 908. The van der Waals surface area contributed by atoms with Crippen LogP contribution in [0.5, 0.6) is 5.75 Å². The van der Waals surface area contributed by atoms with Gasteiger partial charge in [-0.3, -0.25) is 14.6 Å². The Morgan fingerprint density at radius 2 is 1.64 bits per heavy atom. The predicted octanol–water partition coefficient (Wildman–Crippen LogP) is 2.79. The zero-order valence-corrected chi connectivity index (χ0v) is 15.9. The summed E-state index contributed by atoms with van der Waals surface area (Å²) in [6.45, 7) is 2.57. The highest BCUT2D eigenvalue weighted by molar-refractivity contribution is 6.25. The number of aryl methyl sites for hydroxylation is 1. The quantitative estimate of drug-likeness (QED) is 0.725. The van der Waals surface area contributed by atoms with Gasteiger partial charge in [0.1, 0.15) is 5.75 Å². The third-order valence-corrected chi connectivity index (χ3v) is 5.25. The molecule has 2 atom stereocenters. The van der Waals surface area contributed by atoms with Gasteiger partial charge in [0.15, 0.2) is 12.1 Å². The molecule has 2 amide bonds. The Morgan fingerprint density at radius 3 is 2.29 bits per heavy atom. The van der Waals surface area contributed by atoms with Gasteiger partial charge < -0.3 is 4.74 Å². The molecule has 0 aliphatic carbocycles. The van der Waals surface area contributed by atoms with Crippen LogP contribution < -0.4 is 9.64 Å². The summed E-state index contributed by atoms with van der Waals surface area (Å²) in [5.41, 5.74) is 2.85. The van der Waals surface area contributed by atoms with E-state index in [1.54, 1.807) is 12.1 Å². The highest BCUT2D eigenvalue weighted by Gasteiger charge is 2.54. The third-order valence-electron chi connectivity index (χ3n) is 5.25. The molecule has 0 bridgehead atoms. The SMILES string of the molecule is CCc1ccc(N2C(=O)[C@@H]3[C@@H](N=NN3CCc3ccc(OC)cc3)C2=O)cc1. The summed E-state index contributed by atoms with van der Waals surface area (Å²) >= 11 is 0. The van der Waals surface area contributed by atoms with E-state index in [9.17, 15) is 9.59 Å². The van der Waals surface area contributed by atoms with Gasteiger partial charge in [0, 0.05) is 6.54 Å². The lowest BCUT2D eigenvalue weighted by atomic mass is 10.1. The minimum Gasteiger partial charge on any atom is -0.497 e. The molecular weight excluding hydrogens is 356 g/mol. The van der Waals surface area contributed by atoms with Crippen molar-refractivity contribution >= 4 is 17.5 Å². The maximum absolute atomic E-state index is 13.0. The second kappa shape index (κ2) is 7.42. The number of fused-ring (bicyclic) bond motifs is 1. The van der Waals surface area contributed by atoms with E-state index in [-0.39, 0.29) is 11.8 Å². The van der Waals surface area contributed by atoms with Crippen LogP contribution in [-0.4, -0.2) is 42.6 Å². The number of amides is 2. The zero-order valence-electron chi connectivity index (χ0n) is 15.9. The van der Waals surface area contributed by atoms with Gasteiger partial charge in [0.2, 0.25) is 0 Å². The normalized spacial score (nSPS) is 20.8. The van der Waals surface area contributed by atoms with Crippen molar-refractivity contribution < 1.29 is 14.3 Å². The molecule has 7 heteroatoms. The summed E-state index contributed by atoms with van der Waals surface area (Å²) in [4.78, 5) is 27.0. The number of carbonyl (C=O) groups is 2. The van der Waals surface area contributed by atoms with Crippen LogP contribution in [0, 0.1) is 0 Å². The van der Waals surface area contributed by atoms with Gasteiger partial charge in [-0.25, -0.2) is 4.90 Å². The van der Waals surface area contributed by atoms with Gasteiger partial charge in [-0.2, -0.15) is 5.11 Å². The fourth-order valence-corrected chi connectivity index (χ4v) is 3.58. The first-order valence-corrected chi connectivity index (χ1v) is 9.39. The fraction of sp³-hybridized carbons (Fsp3) is 0.333. The molecule has 1 saturated heterocycles. The zero-order chi connectivity index (χ0) is 19.7. The number of ether oxygens (including phenoxy) is 1. The Morgan fingerprint density at radius 1 is 0.964 bits per heavy atom. The number of carbonyl (C=O) groups excluding carboxylic acids is 2. The molecule has 144 valence electrons. The number of imide groups is 1. The standard InChI is InChI=1S/C21H22N4O3/c1-3-14-4-8-16(9-5-14)25-20(26)18-19(21(25)27)24(23-22-18)13-12-15-6-10-17(28-2)11-7-15/h4-11,18-19H,3,12-13H2,1-2H3/t18-,19+/m1/s1. The molecule has 28 heavy (non-hydrogen) atoms.